The molecule has 0 aromatic heterocycles. The van der Waals surface area contributed by atoms with Gasteiger partial charge in [0, 0.05) is 6.54 Å². The van der Waals surface area contributed by atoms with E-state index in [9.17, 15) is 0 Å². The SMILES string of the molecule is CCNCCCNc1cc(C)ccc1C#N. The number of nitrogens with one attached hydrogen (secondary N) is 2. The summed E-state index contributed by atoms with van der Waals surface area (Å²) in [6.07, 6.45) is 1.06. The van der Waals surface area contributed by atoms with Crippen LogP contribution in [0, 0.1) is 18.3 Å². The highest BCUT2D eigenvalue weighted by atomic mass is 14.9. The fourth-order valence-electron chi connectivity index (χ4n) is 1.52. The summed E-state index contributed by atoms with van der Waals surface area (Å²) in [7, 11) is 0. The molecule has 0 fully saturated rings. The largest absolute Gasteiger partial charge is 0.384 e. The fraction of sp³-hybridized carbons (Fsp3) is 0.462. The first kappa shape index (κ1) is 12.5. The molecule has 16 heavy (non-hydrogen) atoms. The monoisotopic (exact) mass is 217 g/mol. The van der Waals surface area contributed by atoms with Crippen LogP contribution in [0.3, 0.4) is 0 Å². The van der Waals surface area contributed by atoms with Gasteiger partial charge in [0.15, 0.2) is 0 Å². The summed E-state index contributed by atoms with van der Waals surface area (Å²) >= 11 is 0. The Morgan fingerprint density at radius 3 is 2.81 bits per heavy atom. The zero-order valence-electron chi connectivity index (χ0n) is 10.0. The molecule has 0 saturated carbocycles. The van der Waals surface area contributed by atoms with Gasteiger partial charge >= 0.3 is 0 Å². The number of benzene rings is 1. The van der Waals surface area contributed by atoms with Crippen LogP contribution in [0.25, 0.3) is 0 Å². The molecule has 0 aliphatic heterocycles. The van der Waals surface area contributed by atoms with Gasteiger partial charge in [-0.1, -0.05) is 13.0 Å². The van der Waals surface area contributed by atoms with Crippen LogP contribution in [0.5, 0.6) is 0 Å². The van der Waals surface area contributed by atoms with Crippen LogP contribution in [0.15, 0.2) is 18.2 Å². The van der Waals surface area contributed by atoms with Gasteiger partial charge in [-0.15, -0.1) is 0 Å². The maximum absolute atomic E-state index is 8.95. The topological polar surface area (TPSA) is 47.8 Å². The second kappa shape index (κ2) is 6.86. The summed E-state index contributed by atoms with van der Waals surface area (Å²) in [6, 6.07) is 8.04. The van der Waals surface area contributed by atoms with E-state index >= 15 is 0 Å². The zero-order valence-corrected chi connectivity index (χ0v) is 10.0. The van der Waals surface area contributed by atoms with E-state index in [-0.39, 0.29) is 0 Å². The minimum atomic E-state index is 0.717. The van der Waals surface area contributed by atoms with E-state index in [1.807, 2.05) is 25.1 Å². The van der Waals surface area contributed by atoms with Gasteiger partial charge in [-0.2, -0.15) is 5.26 Å². The third kappa shape index (κ3) is 3.92. The van der Waals surface area contributed by atoms with Crippen molar-refractivity contribution in [3.8, 4) is 6.07 Å². The number of hydrogen-bond donors (Lipinski definition) is 2. The van der Waals surface area contributed by atoms with Crippen LogP contribution in [0.1, 0.15) is 24.5 Å². The van der Waals surface area contributed by atoms with E-state index in [0.29, 0.717) is 5.56 Å². The molecule has 0 heterocycles. The standard InChI is InChI=1S/C13H19N3/c1-3-15-7-4-8-16-13-9-11(2)5-6-12(13)10-14/h5-6,9,15-16H,3-4,7-8H2,1-2H3. The van der Waals surface area contributed by atoms with Crippen molar-refractivity contribution >= 4 is 5.69 Å². The van der Waals surface area contributed by atoms with Crippen LogP contribution in [0.4, 0.5) is 5.69 Å². The van der Waals surface area contributed by atoms with Crippen LogP contribution in [-0.4, -0.2) is 19.6 Å². The van der Waals surface area contributed by atoms with Gasteiger partial charge in [0.2, 0.25) is 0 Å². The fourth-order valence-corrected chi connectivity index (χ4v) is 1.52. The van der Waals surface area contributed by atoms with Gasteiger partial charge in [-0.05, 0) is 44.1 Å². The molecule has 1 aromatic carbocycles. The summed E-state index contributed by atoms with van der Waals surface area (Å²) < 4.78 is 0. The molecule has 0 atom stereocenters. The molecular weight excluding hydrogens is 198 g/mol. The number of aryl methyl sites for hydroxylation is 1. The Labute approximate surface area is 97.5 Å². The number of anilines is 1. The Kier molecular flexibility index (Phi) is 5.38. The van der Waals surface area contributed by atoms with Gasteiger partial charge in [0.25, 0.3) is 0 Å². The van der Waals surface area contributed by atoms with Crippen molar-refractivity contribution in [3.05, 3.63) is 29.3 Å². The van der Waals surface area contributed by atoms with E-state index in [1.165, 1.54) is 5.56 Å². The van der Waals surface area contributed by atoms with Crippen molar-refractivity contribution in [1.82, 2.24) is 5.32 Å². The molecule has 0 bridgehead atoms. The zero-order chi connectivity index (χ0) is 11.8. The Hall–Kier alpha value is -1.53. The maximum Gasteiger partial charge on any atom is 0.101 e. The van der Waals surface area contributed by atoms with Crippen molar-refractivity contribution in [2.75, 3.05) is 25.0 Å². The summed E-state index contributed by atoms with van der Waals surface area (Å²) in [5.41, 5.74) is 2.83. The van der Waals surface area contributed by atoms with Crippen LogP contribution < -0.4 is 10.6 Å². The van der Waals surface area contributed by atoms with E-state index in [4.69, 9.17) is 5.26 Å². The molecule has 0 aliphatic carbocycles. The molecule has 0 radical (unpaired) electrons. The van der Waals surface area contributed by atoms with E-state index in [0.717, 1.165) is 31.7 Å². The smallest absolute Gasteiger partial charge is 0.101 e. The summed E-state index contributed by atoms with van der Waals surface area (Å²) in [4.78, 5) is 0. The molecule has 0 amide bonds. The van der Waals surface area contributed by atoms with Crippen molar-refractivity contribution in [2.24, 2.45) is 0 Å². The second-order valence-electron chi connectivity index (χ2n) is 3.79. The molecule has 86 valence electrons. The summed E-state index contributed by atoms with van der Waals surface area (Å²) in [5, 5.41) is 15.5. The Balaban J connectivity index is 2.46. The van der Waals surface area contributed by atoms with Crippen LogP contribution in [-0.2, 0) is 0 Å². The lowest BCUT2D eigenvalue weighted by molar-refractivity contribution is 0.688. The molecule has 3 heteroatoms. The third-order valence-corrected chi connectivity index (χ3v) is 2.39. The second-order valence-corrected chi connectivity index (χ2v) is 3.79. The molecule has 3 nitrogen and oxygen atoms in total. The highest BCUT2D eigenvalue weighted by molar-refractivity contribution is 5.58. The minimum absolute atomic E-state index is 0.717. The van der Waals surface area contributed by atoms with E-state index < -0.39 is 0 Å². The predicted octanol–water partition coefficient (Wildman–Crippen LogP) is 2.28. The minimum Gasteiger partial charge on any atom is -0.384 e. The van der Waals surface area contributed by atoms with E-state index in [2.05, 4.69) is 23.6 Å². The lowest BCUT2D eigenvalue weighted by atomic mass is 10.1. The summed E-state index contributed by atoms with van der Waals surface area (Å²) in [5.74, 6) is 0. The van der Waals surface area contributed by atoms with Gasteiger partial charge in [-0.25, -0.2) is 0 Å². The number of hydrogen-bond acceptors (Lipinski definition) is 3. The molecule has 0 aliphatic rings. The molecule has 0 saturated heterocycles. The van der Waals surface area contributed by atoms with Gasteiger partial charge in [0.1, 0.15) is 6.07 Å². The van der Waals surface area contributed by atoms with E-state index in [1.54, 1.807) is 0 Å². The van der Waals surface area contributed by atoms with Gasteiger partial charge < -0.3 is 10.6 Å². The average molecular weight is 217 g/mol. The lowest BCUT2D eigenvalue weighted by Gasteiger charge is -2.09. The van der Waals surface area contributed by atoms with Crippen molar-refractivity contribution in [3.63, 3.8) is 0 Å². The molecule has 0 unspecified atom stereocenters. The first-order chi connectivity index (χ1) is 7.77. The lowest BCUT2D eigenvalue weighted by Crippen LogP contribution is -2.17. The Morgan fingerprint density at radius 1 is 1.31 bits per heavy atom. The first-order valence-corrected chi connectivity index (χ1v) is 5.73. The highest BCUT2D eigenvalue weighted by Gasteiger charge is 2.00. The molecule has 0 spiro atoms. The van der Waals surface area contributed by atoms with Gasteiger partial charge in [0.05, 0.1) is 11.3 Å². The third-order valence-electron chi connectivity index (χ3n) is 2.39. The molecule has 2 N–H and O–H groups in total. The number of nitriles is 1. The quantitative estimate of drug-likeness (QED) is 0.719. The molecular formula is C13H19N3. The van der Waals surface area contributed by atoms with Crippen LogP contribution >= 0.6 is 0 Å². The number of rotatable bonds is 6. The Morgan fingerprint density at radius 2 is 2.12 bits per heavy atom. The summed E-state index contributed by atoms with van der Waals surface area (Å²) in [6.45, 7) is 7.04. The molecule has 1 rings (SSSR count). The number of nitrogens with zero attached hydrogens (tertiary/aromatic N) is 1. The van der Waals surface area contributed by atoms with Crippen molar-refractivity contribution in [1.29, 1.82) is 5.26 Å². The van der Waals surface area contributed by atoms with Crippen molar-refractivity contribution < 1.29 is 0 Å². The highest BCUT2D eigenvalue weighted by Crippen LogP contribution is 2.16. The van der Waals surface area contributed by atoms with Gasteiger partial charge in [-0.3, -0.25) is 0 Å². The first-order valence-electron chi connectivity index (χ1n) is 5.73. The molecule has 1 aromatic rings. The van der Waals surface area contributed by atoms with Crippen molar-refractivity contribution in [2.45, 2.75) is 20.3 Å². The maximum atomic E-state index is 8.95. The van der Waals surface area contributed by atoms with Crippen LogP contribution in [0.2, 0.25) is 0 Å². The Bertz CT molecular complexity index is 366. The normalized spacial score (nSPS) is 9.81. The average Bonchev–Trinajstić information content (AvgIpc) is 2.29. The predicted molar refractivity (Wildman–Crippen MR) is 67.5 cm³/mol.